The van der Waals surface area contributed by atoms with Crippen LogP contribution < -0.4 is 11.5 Å². The van der Waals surface area contributed by atoms with E-state index in [1.54, 1.807) is 0 Å². The fourth-order valence-corrected chi connectivity index (χ4v) is 2.28. The second kappa shape index (κ2) is 6.97. The number of rotatable bonds is 4. The molecule has 1 aliphatic carbocycles. The number of ether oxygens (including phenoxy) is 1. The molecule has 4 nitrogen and oxygen atoms in total. The van der Waals surface area contributed by atoms with Crippen molar-refractivity contribution in [3.8, 4) is 0 Å². The molecule has 0 aromatic rings. The maximum atomic E-state index is 10.9. The summed E-state index contributed by atoms with van der Waals surface area (Å²) < 4.78 is 5.31. The molecular formula is C11H23ClN2O2. The first-order chi connectivity index (χ1) is 7.08. The van der Waals surface area contributed by atoms with Crippen LogP contribution in [-0.2, 0) is 4.74 Å². The van der Waals surface area contributed by atoms with E-state index in [0.29, 0.717) is 0 Å². The molecule has 4 N–H and O–H groups in total. The maximum Gasteiger partial charge on any atom is 0.405 e. The molecule has 0 radical (unpaired) electrons. The molecule has 0 spiro atoms. The Morgan fingerprint density at radius 3 is 2.44 bits per heavy atom. The average Bonchev–Trinajstić information content (AvgIpc) is 2.19. The topological polar surface area (TPSA) is 78.3 Å². The highest BCUT2D eigenvalue weighted by Crippen LogP contribution is 2.35. The Hall–Kier alpha value is -0.480. The minimum Gasteiger partial charge on any atom is -0.443 e. The predicted molar refractivity (Wildman–Crippen MR) is 66.6 cm³/mol. The number of carbonyl (C=O) groups is 1. The van der Waals surface area contributed by atoms with Crippen LogP contribution in [0.3, 0.4) is 0 Å². The summed E-state index contributed by atoms with van der Waals surface area (Å²) in [5.41, 5.74) is 10.6. The molecule has 0 aliphatic heterocycles. The number of hydrogen-bond donors (Lipinski definition) is 2. The molecule has 1 aliphatic rings. The van der Waals surface area contributed by atoms with Gasteiger partial charge in [0.2, 0.25) is 0 Å². The van der Waals surface area contributed by atoms with Crippen molar-refractivity contribution < 1.29 is 9.53 Å². The normalized spacial score (nSPS) is 29.2. The number of halogens is 1. The number of carbonyl (C=O) groups excluding carboxylic acids is 1. The van der Waals surface area contributed by atoms with E-state index in [1.807, 2.05) is 0 Å². The smallest absolute Gasteiger partial charge is 0.405 e. The van der Waals surface area contributed by atoms with E-state index in [-0.39, 0.29) is 24.0 Å². The van der Waals surface area contributed by atoms with Crippen molar-refractivity contribution in [2.24, 2.45) is 11.5 Å². The lowest BCUT2D eigenvalue weighted by molar-refractivity contribution is -0.0231. The molecule has 0 atom stereocenters. The molecule has 16 heavy (non-hydrogen) atoms. The SMILES string of the molecule is CCCCC1(OC(N)=O)CCC(N)CC1.Cl. The number of hydrogen-bond acceptors (Lipinski definition) is 3. The number of primary amides is 1. The van der Waals surface area contributed by atoms with Crippen molar-refractivity contribution in [2.75, 3.05) is 0 Å². The second-order valence-electron chi connectivity index (χ2n) is 4.55. The summed E-state index contributed by atoms with van der Waals surface area (Å²) in [6.07, 6.45) is 6.02. The van der Waals surface area contributed by atoms with Gasteiger partial charge in [-0.2, -0.15) is 0 Å². The molecule has 0 heterocycles. The van der Waals surface area contributed by atoms with E-state index >= 15 is 0 Å². The van der Waals surface area contributed by atoms with Gasteiger partial charge in [0, 0.05) is 6.04 Å². The van der Waals surface area contributed by atoms with Gasteiger partial charge in [-0.25, -0.2) is 4.79 Å². The molecule has 0 aromatic heterocycles. The fraction of sp³-hybridized carbons (Fsp3) is 0.909. The van der Waals surface area contributed by atoms with Crippen LogP contribution in [0.1, 0.15) is 51.9 Å². The number of nitrogens with two attached hydrogens (primary N) is 2. The third kappa shape index (κ3) is 4.58. The van der Waals surface area contributed by atoms with Gasteiger partial charge in [-0.05, 0) is 38.5 Å². The fourth-order valence-electron chi connectivity index (χ4n) is 2.28. The molecule has 0 aromatic carbocycles. The highest BCUT2D eigenvalue weighted by Gasteiger charge is 2.36. The second-order valence-corrected chi connectivity index (χ2v) is 4.55. The van der Waals surface area contributed by atoms with E-state index in [4.69, 9.17) is 16.2 Å². The van der Waals surface area contributed by atoms with Crippen LogP contribution in [0, 0.1) is 0 Å². The quantitative estimate of drug-likeness (QED) is 0.804. The van der Waals surface area contributed by atoms with Gasteiger partial charge in [0.05, 0.1) is 0 Å². The summed E-state index contributed by atoms with van der Waals surface area (Å²) in [6.45, 7) is 2.13. The third-order valence-corrected chi connectivity index (χ3v) is 3.24. The highest BCUT2D eigenvalue weighted by molar-refractivity contribution is 5.85. The molecule has 96 valence electrons. The lowest BCUT2D eigenvalue weighted by atomic mass is 9.79. The summed E-state index contributed by atoms with van der Waals surface area (Å²) in [5.74, 6) is 0. The van der Waals surface area contributed by atoms with Crippen LogP contribution in [0.15, 0.2) is 0 Å². The first kappa shape index (κ1) is 15.5. The van der Waals surface area contributed by atoms with Gasteiger partial charge in [-0.1, -0.05) is 13.3 Å². The zero-order valence-electron chi connectivity index (χ0n) is 9.91. The van der Waals surface area contributed by atoms with Crippen LogP contribution in [0.25, 0.3) is 0 Å². The molecule has 1 amide bonds. The Morgan fingerprint density at radius 2 is 2.00 bits per heavy atom. The number of amides is 1. The lowest BCUT2D eigenvalue weighted by Gasteiger charge is -2.38. The van der Waals surface area contributed by atoms with Gasteiger partial charge >= 0.3 is 6.09 Å². The van der Waals surface area contributed by atoms with Gasteiger partial charge < -0.3 is 16.2 Å². The highest BCUT2D eigenvalue weighted by atomic mass is 35.5. The summed E-state index contributed by atoms with van der Waals surface area (Å²) in [5, 5.41) is 0. The van der Waals surface area contributed by atoms with E-state index in [2.05, 4.69) is 6.92 Å². The van der Waals surface area contributed by atoms with Gasteiger partial charge in [0.1, 0.15) is 5.60 Å². The van der Waals surface area contributed by atoms with Crippen LogP contribution in [-0.4, -0.2) is 17.7 Å². The molecule has 1 fully saturated rings. The Bertz CT molecular complexity index is 211. The third-order valence-electron chi connectivity index (χ3n) is 3.24. The summed E-state index contributed by atoms with van der Waals surface area (Å²) >= 11 is 0. The Labute approximate surface area is 103 Å². The minimum atomic E-state index is -0.651. The summed E-state index contributed by atoms with van der Waals surface area (Å²) in [4.78, 5) is 10.9. The van der Waals surface area contributed by atoms with Gasteiger partial charge in [0.15, 0.2) is 0 Å². The first-order valence-electron chi connectivity index (χ1n) is 5.82. The van der Waals surface area contributed by atoms with Crippen LogP contribution in [0.5, 0.6) is 0 Å². The molecule has 0 unspecified atom stereocenters. The Kier molecular flexibility index (Phi) is 6.76. The van der Waals surface area contributed by atoms with Crippen LogP contribution >= 0.6 is 12.4 Å². The molecule has 1 saturated carbocycles. The molecule has 1 rings (SSSR count). The van der Waals surface area contributed by atoms with Gasteiger partial charge in [0.25, 0.3) is 0 Å². The van der Waals surface area contributed by atoms with Gasteiger partial charge in [-0.15, -0.1) is 12.4 Å². The van der Waals surface area contributed by atoms with E-state index in [0.717, 1.165) is 44.9 Å². The summed E-state index contributed by atoms with van der Waals surface area (Å²) in [6, 6.07) is 0.260. The standard InChI is InChI=1S/C11H22N2O2.ClH/c1-2-3-6-11(15-10(13)14)7-4-9(12)5-8-11;/h9H,2-8,12H2,1H3,(H2,13,14);1H. The zero-order chi connectivity index (χ0) is 11.3. The Morgan fingerprint density at radius 1 is 1.44 bits per heavy atom. The lowest BCUT2D eigenvalue weighted by Crippen LogP contribution is -2.43. The number of unbranched alkanes of at least 4 members (excludes halogenated alkanes) is 1. The molecule has 0 saturated heterocycles. The minimum absolute atomic E-state index is 0. The largest absolute Gasteiger partial charge is 0.443 e. The predicted octanol–water partition coefficient (Wildman–Crippen LogP) is 2.33. The van der Waals surface area contributed by atoms with E-state index in [1.165, 1.54) is 0 Å². The average molecular weight is 251 g/mol. The van der Waals surface area contributed by atoms with Gasteiger partial charge in [-0.3, -0.25) is 0 Å². The van der Waals surface area contributed by atoms with Crippen LogP contribution in [0.4, 0.5) is 4.79 Å². The van der Waals surface area contributed by atoms with Crippen molar-refractivity contribution in [2.45, 2.75) is 63.5 Å². The van der Waals surface area contributed by atoms with Crippen LogP contribution in [0.2, 0.25) is 0 Å². The van der Waals surface area contributed by atoms with Crippen molar-refractivity contribution in [3.63, 3.8) is 0 Å². The van der Waals surface area contributed by atoms with Crippen molar-refractivity contribution >= 4 is 18.5 Å². The van der Waals surface area contributed by atoms with Crippen molar-refractivity contribution in [1.29, 1.82) is 0 Å². The molecule has 0 bridgehead atoms. The summed E-state index contributed by atoms with van der Waals surface area (Å²) in [7, 11) is 0. The zero-order valence-corrected chi connectivity index (χ0v) is 10.7. The molecule has 5 heteroatoms. The van der Waals surface area contributed by atoms with Crippen molar-refractivity contribution in [3.05, 3.63) is 0 Å². The molecular weight excluding hydrogens is 228 g/mol. The first-order valence-corrected chi connectivity index (χ1v) is 5.82. The van der Waals surface area contributed by atoms with E-state index < -0.39 is 6.09 Å². The monoisotopic (exact) mass is 250 g/mol. The van der Waals surface area contributed by atoms with E-state index in [9.17, 15) is 4.79 Å². The van der Waals surface area contributed by atoms with Crippen molar-refractivity contribution in [1.82, 2.24) is 0 Å². The maximum absolute atomic E-state index is 10.9. The Balaban J connectivity index is 0.00000225.